The van der Waals surface area contributed by atoms with Crippen LogP contribution in [0.3, 0.4) is 0 Å². The van der Waals surface area contributed by atoms with Crippen molar-refractivity contribution in [3.8, 4) is 0 Å². The summed E-state index contributed by atoms with van der Waals surface area (Å²) in [5, 5.41) is 20.2. The number of carbonyl (C=O) groups is 4. The number of non-ortho nitro benzene ring substituents is 1. The van der Waals surface area contributed by atoms with Crippen molar-refractivity contribution in [1.29, 1.82) is 0 Å². The molecule has 0 N–H and O–H groups in total. The minimum absolute atomic E-state index is 0.126. The number of β-lactam (4-membered cyclic amide) rings is 1. The van der Waals surface area contributed by atoms with Crippen molar-refractivity contribution in [2.24, 2.45) is 0 Å². The van der Waals surface area contributed by atoms with Gasteiger partial charge in [0.15, 0.2) is 11.6 Å². The zero-order valence-corrected chi connectivity index (χ0v) is 20.4. The molecule has 3 aliphatic heterocycles. The molecule has 3 aliphatic rings. The van der Waals surface area contributed by atoms with Crippen molar-refractivity contribution in [1.82, 2.24) is 9.80 Å². The Hall–Kier alpha value is -4.53. The minimum Gasteiger partial charge on any atom is -0.459 e. The highest BCUT2D eigenvalue weighted by Gasteiger charge is 2.66. The summed E-state index contributed by atoms with van der Waals surface area (Å²) in [7, 11) is 0. The smallest absolute Gasteiger partial charge is 0.331 e. The molecule has 38 heavy (non-hydrogen) atoms. The zero-order valence-electron chi connectivity index (χ0n) is 19.5. The number of esters is 1. The van der Waals surface area contributed by atoms with Gasteiger partial charge in [-0.1, -0.05) is 12.1 Å². The Morgan fingerprint density at radius 2 is 1.66 bits per heavy atom. The first-order chi connectivity index (χ1) is 18.0. The number of carbonyl (C=O) groups excluding carboxylic acids is 4. The lowest BCUT2D eigenvalue weighted by molar-refractivity contribution is -0.779. The van der Waals surface area contributed by atoms with Crippen LogP contribution in [0.15, 0.2) is 48.5 Å². The average Bonchev–Trinajstić information content (AvgIpc) is 3.12. The summed E-state index contributed by atoms with van der Waals surface area (Å²) in [6.45, 7) is 0.961. The summed E-state index contributed by atoms with van der Waals surface area (Å²) in [6, 6.07) is 8.58. The van der Waals surface area contributed by atoms with Gasteiger partial charge in [0.2, 0.25) is 0 Å². The summed E-state index contributed by atoms with van der Waals surface area (Å²) in [4.78, 5) is 80.7. The van der Waals surface area contributed by atoms with Gasteiger partial charge < -0.3 is 14.5 Å². The monoisotopic (exact) mass is 542 g/mol. The second-order valence-corrected chi connectivity index (χ2v) is 10.1. The number of amides is 3. The highest BCUT2D eigenvalue weighted by molar-refractivity contribution is 8.00. The Morgan fingerprint density at radius 1 is 1.05 bits per heavy atom. The lowest BCUT2D eigenvalue weighted by Crippen LogP contribution is -2.79. The molecule has 2 aromatic carbocycles. The fourth-order valence-electron chi connectivity index (χ4n) is 4.79. The molecular formula is C23H18N4O10S. The fraction of sp³-hybridized carbons (Fsp3) is 0.304. The van der Waals surface area contributed by atoms with Crippen LogP contribution in [0.4, 0.5) is 5.69 Å². The first kappa shape index (κ1) is 25.1. The SMILES string of the molecule is C[C@@]1(O[N+](=O)[O-])CS[C@H]2C(N3C(=O)c4ccccc4C3=O)C(=O)N2C1C(=O)OCc1ccc([N+](=O)[O-])cc1. The molecular weight excluding hydrogens is 524 g/mol. The fourth-order valence-corrected chi connectivity index (χ4v) is 6.31. The molecule has 15 heteroatoms. The van der Waals surface area contributed by atoms with E-state index in [1.807, 2.05) is 0 Å². The van der Waals surface area contributed by atoms with Gasteiger partial charge in [-0.15, -0.1) is 21.9 Å². The number of hydrogen-bond donors (Lipinski definition) is 0. The summed E-state index contributed by atoms with van der Waals surface area (Å²) in [5.74, 6) is -3.17. The van der Waals surface area contributed by atoms with Crippen LogP contribution in [-0.2, 0) is 25.8 Å². The Kier molecular flexibility index (Phi) is 6.01. The van der Waals surface area contributed by atoms with Crippen molar-refractivity contribution in [2.45, 2.75) is 36.6 Å². The molecule has 3 amide bonds. The normalized spacial score (nSPS) is 25.8. The van der Waals surface area contributed by atoms with E-state index in [-0.39, 0.29) is 29.2 Å². The van der Waals surface area contributed by atoms with Crippen molar-refractivity contribution in [3.05, 3.63) is 85.4 Å². The maximum atomic E-state index is 13.4. The minimum atomic E-state index is -1.79. The second kappa shape index (κ2) is 9.09. The highest BCUT2D eigenvalue weighted by Crippen LogP contribution is 2.47. The van der Waals surface area contributed by atoms with Crippen LogP contribution >= 0.6 is 11.8 Å². The van der Waals surface area contributed by atoms with Crippen LogP contribution in [0.5, 0.6) is 0 Å². The van der Waals surface area contributed by atoms with Gasteiger partial charge in [-0.25, -0.2) is 4.79 Å². The predicted octanol–water partition coefficient (Wildman–Crippen LogP) is 1.55. The van der Waals surface area contributed by atoms with Gasteiger partial charge in [-0.2, -0.15) is 0 Å². The van der Waals surface area contributed by atoms with E-state index in [9.17, 15) is 39.4 Å². The molecule has 0 saturated carbocycles. The summed E-state index contributed by atoms with van der Waals surface area (Å²) >= 11 is 1.04. The Bertz CT molecular complexity index is 1360. The number of fused-ring (bicyclic) bond motifs is 2. The molecule has 2 unspecified atom stereocenters. The standard InChI is InChI=1S/C23H18N4O10S/c1-23(37-27(34)35)11-38-21-16(24-18(28)14-4-2-3-5-15(14)19(24)29)20(30)25(21)17(23)22(31)36-10-12-6-8-13(9-7-12)26(32)33/h2-9,16-17,21H,10-11H2,1H3/t16?,17?,21-,23+/m0/s1. The molecule has 2 fully saturated rings. The average molecular weight is 542 g/mol. The van der Waals surface area contributed by atoms with Crippen molar-refractivity contribution < 1.29 is 38.8 Å². The van der Waals surface area contributed by atoms with Gasteiger partial charge in [0.25, 0.3) is 28.5 Å². The van der Waals surface area contributed by atoms with Crippen molar-refractivity contribution in [2.75, 3.05) is 5.75 Å². The number of thioether (sulfide) groups is 1. The van der Waals surface area contributed by atoms with E-state index < -0.39 is 56.8 Å². The van der Waals surface area contributed by atoms with Gasteiger partial charge in [0, 0.05) is 17.9 Å². The molecule has 0 bridgehead atoms. The molecule has 4 atom stereocenters. The molecule has 3 heterocycles. The summed E-state index contributed by atoms with van der Waals surface area (Å²) < 4.78 is 5.34. The van der Waals surface area contributed by atoms with Crippen molar-refractivity contribution in [3.63, 3.8) is 0 Å². The highest BCUT2D eigenvalue weighted by atomic mass is 32.2. The molecule has 0 aromatic heterocycles. The Morgan fingerprint density at radius 3 is 2.21 bits per heavy atom. The van der Waals surface area contributed by atoms with E-state index in [1.54, 1.807) is 12.1 Å². The zero-order chi connectivity index (χ0) is 27.4. The van der Waals surface area contributed by atoms with Crippen LogP contribution in [-0.4, -0.2) is 72.3 Å². The number of imide groups is 1. The third-order valence-corrected chi connectivity index (χ3v) is 8.15. The van der Waals surface area contributed by atoms with E-state index in [2.05, 4.69) is 0 Å². The topological polar surface area (TPSA) is 179 Å². The first-order valence-corrected chi connectivity index (χ1v) is 12.2. The third kappa shape index (κ3) is 3.91. The number of nitro benzene ring substituents is 1. The van der Waals surface area contributed by atoms with E-state index >= 15 is 0 Å². The number of nitro groups is 1. The lowest BCUT2D eigenvalue weighted by Gasteiger charge is -2.57. The van der Waals surface area contributed by atoms with Crippen LogP contribution in [0.25, 0.3) is 0 Å². The number of benzene rings is 2. The number of rotatable bonds is 7. The molecule has 2 aromatic rings. The molecule has 14 nitrogen and oxygen atoms in total. The lowest BCUT2D eigenvalue weighted by atomic mass is 9.90. The largest absolute Gasteiger partial charge is 0.459 e. The van der Waals surface area contributed by atoms with Crippen molar-refractivity contribution >= 4 is 41.1 Å². The van der Waals surface area contributed by atoms with E-state index in [4.69, 9.17) is 9.57 Å². The van der Waals surface area contributed by atoms with E-state index in [0.29, 0.717) is 5.56 Å². The molecule has 0 aliphatic carbocycles. The molecule has 2 saturated heterocycles. The van der Waals surface area contributed by atoms with E-state index in [0.717, 1.165) is 21.6 Å². The molecule has 0 spiro atoms. The molecule has 0 radical (unpaired) electrons. The third-order valence-electron chi connectivity index (χ3n) is 6.59. The van der Waals surface area contributed by atoms with Gasteiger partial charge in [0.05, 0.1) is 16.1 Å². The maximum Gasteiger partial charge on any atom is 0.331 e. The quantitative estimate of drug-likeness (QED) is 0.163. The van der Waals surface area contributed by atoms with Gasteiger partial charge in [-0.05, 0) is 36.8 Å². The summed E-state index contributed by atoms with van der Waals surface area (Å²) in [5.41, 5.74) is -1.24. The van der Waals surface area contributed by atoms with Gasteiger partial charge >= 0.3 is 5.97 Å². The van der Waals surface area contributed by atoms with Crippen LogP contribution in [0.1, 0.15) is 33.2 Å². The molecule has 196 valence electrons. The van der Waals surface area contributed by atoms with Crippen LogP contribution in [0, 0.1) is 20.2 Å². The Labute approximate surface area is 217 Å². The van der Waals surface area contributed by atoms with Gasteiger partial charge in [-0.3, -0.25) is 29.4 Å². The maximum absolute atomic E-state index is 13.4. The Balaban J connectivity index is 1.38. The number of hydrogen-bond acceptors (Lipinski definition) is 11. The second-order valence-electron chi connectivity index (χ2n) is 8.98. The number of ether oxygens (including phenoxy) is 1. The number of nitrogens with zero attached hydrogens (tertiary/aromatic N) is 4. The first-order valence-electron chi connectivity index (χ1n) is 11.2. The van der Waals surface area contributed by atoms with Gasteiger partial charge in [0.1, 0.15) is 18.0 Å². The summed E-state index contributed by atoms with van der Waals surface area (Å²) in [6.07, 6.45) is 0. The van der Waals surface area contributed by atoms with Crippen LogP contribution < -0.4 is 0 Å². The predicted molar refractivity (Wildman–Crippen MR) is 127 cm³/mol. The van der Waals surface area contributed by atoms with Crippen LogP contribution in [0.2, 0.25) is 0 Å². The van der Waals surface area contributed by atoms with E-state index in [1.165, 1.54) is 43.3 Å². The molecule has 5 rings (SSSR count).